The molecule has 2 aromatic heterocycles. The lowest BCUT2D eigenvalue weighted by Crippen LogP contribution is -2.25. The van der Waals surface area contributed by atoms with Crippen LogP contribution in [-0.4, -0.2) is 10.5 Å². The number of hydrogen-bond acceptors (Lipinski definition) is 3. The van der Waals surface area contributed by atoms with E-state index in [1.165, 1.54) is 10.1 Å². The Morgan fingerprint density at radius 3 is 2.57 bits per heavy atom. The average molecular weight is 310 g/mol. The molecule has 0 unspecified atom stereocenters. The van der Waals surface area contributed by atoms with Crippen molar-refractivity contribution in [3.63, 3.8) is 0 Å². The fourth-order valence-corrected chi connectivity index (χ4v) is 2.57. The second-order valence-corrected chi connectivity index (χ2v) is 5.67. The molecule has 0 spiro atoms. The quantitative estimate of drug-likeness (QED) is 0.809. The maximum absolute atomic E-state index is 12.5. The van der Waals surface area contributed by atoms with E-state index >= 15 is 0 Å². The normalized spacial score (nSPS) is 10.9. The van der Waals surface area contributed by atoms with Gasteiger partial charge in [-0.1, -0.05) is 29.8 Å². The molecule has 5 heteroatoms. The summed E-state index contributed by atoms with van der Waals surface area (Å²) in [6.45, 7) is 4.11. The van der Waals surface area contributed by atoms with Gasteiger partial charge >= 0.3 is 0 Å². The first-order valence-electron chi connectivity index (χ1n) is 7.40. The fraction of sp³-hybridized carbons (Fsp3) is 0.222. The number of hydrogen-bond donors (Lipinski definition) is 1. The summed E-state index contributed by atoms with van der Waals surface area (Å²) in [5.41, 5.74) is 2.68. The second-order valence-electron chi connectivity index (χ2n) is 5.67. The summed E-state index contributed by atoms with van der Waals surface area (Å²) in [4.78, 5) is 24.8. The van der Waals surface area contributed by atoms with Crippen LogP contribution in [0.2, 0.25) is 0 Å². The third-order valence-corrected chi connectivity index (χ3v) is 3.90. The van der Waals surface area contributed by atoms with Gasteiger partial charge in [0.15, 0.2) is 0 Å². The molecule has 3 rings (SSSR count). The Hall–Kier alpha value is -2.82. The first-order valence-corrected chi connectivity index (χ1v) is 7.40. The Labute approximate surface area is 133 Å². The van der Waals surface area contributed by atoms with Crippen LogP contribution >= 0.6 is 0 Å². The number of benzene rings is 1. The van der Waals surface area contributed by atoms with Gasteiger partial charge in [-0.15, -0.1) is 0 Å². The molecule has 0 fully saturated rings. The van der Waals surface area contributed by atoms with E-state index in [-0.39, 0.29) is 11.5 Å². The highest BCUT2D eigenvalue weighted by molar-refractivity contribution is 6.06. The van der Waals surface area contributed by atoms with E-state index in [1.807, 2.05) is 31.2 Å². The average Bonchev–Trinajstić information content (AvgIpc) is 2.87. The number of amides is 1. The van der Waals surface area contributed by atoms with Crippen molar-refractivity contribution in [2.45, 2.75) is 20.4 Å². The molecular weight excluding hydrogens is 292 g/mol. The largest absolute Gasteiger partial charge is 0.460 e. The van der Waals surface area contributed by atoms with E-state index in [0.717, 1.165) is 5.56 Å². The first kappa shape index (κ1) is 15.1. The van der Waals surface area contributed by atoms with Gasteiger partial charge in [0.2, 0.25) is 0 Å². The molecule has 0 aliphatic heterocycles. The second kappa shape index (κ2) is 5.76. The van der Waals surface area contributed by atoms with Crippen molar-refractivity contribution in [1.29, 1.82) is 0 Å². The van der Waals surface area contributed by atoms with Gasteiger partial charge < -0.3 is 14.3 Å². The highest BCUT2D eigenvalue weighted by Gasteiger charge is 2.21. The minimum atomic E-state index is -0.301. The van der Waals surface area contributed by atoms with Crippen LogP contribution in [0.3, 0.4) is 0 Å². The number of pyridine rings is 1. The lowest BCUT2D eigenvalue weighted by atomic mass is 10.1. The van der Waals surface area contributed by atoms with Gasteiger partial charge in [0.25, 0.3) is 11.5 Å². The van der Waals surface area contributed by atoms with Gasteiger partial charge in [-0.3, -0.25) is 9.59 Å². The molecule has 2 heterocycles. The van der Waals surface area contributed by atoms with Crippen LogP contribution in [-0.2, 0) is 13.6 Å². The summed E-state index contributed by atoms with van der Waals surface area (Å²) in [7, 11) is 1.65. The summed E-state index contributed by atoms with van der Waals surface area (Å²) < 4.78 is 6.99. The maximum atomic E-state index is 12.5. The minimum absolute atomic E-state index is 0.236. The maximum Gasteiger partial charge on any atom is 0.262 e. The molecule has 1 amide bonds. The standard InChI is InChI=1S/C18H18N2O3/c1-11-4-6-13(7-5-11)10-19-17(21)15-12(2)23-14-8-9-20(3)18(22)16(14)15/h4-9H,10H2,1-3H3,(H,19,21). The van der Waals surface area contributed by atoms with Gasteiger partial charge in [-0.2, -0.15) is 0 Å². The predicted molar refractivity (Wildman–Crippen MR) is 88.5 cm³/mol. The lowest BCUT2D eigenvalue weighted by Gasteiger charge is -2.05. The van der Waals surface area contributed by atoms with Gasteiger partial charge in [0, 0.05) is 19.8 Å². The molecule has 23 heavy (non-hydrogen) atoms. The van der Waals surface area contributed by atoms with E-state index in [1.54, 1.807) is 26.2 Å². The van der Waals surface area contributed by atoms with Crippen molar-refractivity contribution >= 4 is 16.9 Å². The molecule has 1 aromatic carbocycles. The number of carbonyl (C=O) groups is 1. The van der Waals surface area contributed by atoms with Crippen molar-refractivity contribution in [1.82, 2.24) is 9.88 Å². The Morgan fingerprint density at radius 2 is 1.87 bits per heavy atom. The number of fused-ring (bicyclic) bond motifs is 1. The molecular formula is C18H18N2O3. The number of aryl methyl sites for hydroxylation is 3. The van der Waals surface area contributed by atoms with Crippen LogP contribution in [0.4, 0.5) is 0 Å². The predicted octanol–water partition coefficient (Wildman–Crippen LogP) is 2.68. The summed E-state index contributed by atoms with van der Waals surface area (Å²) >= 11 is 0. The van der Waals surface area contributed by atoms with Gasteiger partial charge in [0.05, 0.1) is 10.9 Å². The van der Waals surface area contributed by atoms with E-state index in [4.69, 9.17) is 4.42 Å². The molecule has 3 aromatic rings. The number of carbonyl (C=O) groups excluding carboxylic acids is 1. The molecule has 0 saturated heterocycles. The summed E-state index contributed by atoms with van der Waals surface area (Å²) in [5, 5.41) is 3.18. The van der Waals surface area contributed by atoms with E-state index in [9.17, 15) is 9.59 Å². The van der Waals surface area contributed by atoms with Gasteiger partial charge in [0.1, 0.15) is 11.3 Å². The Kier molecular flexibility index (Phi) is 3.78. The third-order valence-electron chi connectivity index (χ3n) is 3.90. The molecule has 5 nitrogen and oxygen atoms in total. The summed E-state index contributed by atoms with van der Waals surface area (Å²) in [6.07, 6.45) is 1.63. The molecule has 118 valence electrons. The first-order chi connectivity index (χ1) is 11.0. The number of furan rings is 1. The molecule has 0 atom stereocenters. The van der Waals surface area contributed by atoms with Gasteiger partial charge in [-0.25, -0.2) is 0 Å². The highest BCUT2D eigenvalue weighted by Crippen LogP contribution is 2.22. The van der Waals surface area contributed by atoms with E-state index in [0.29, 0.717) is 28.8 Å². The van der Waals surface area contributed by atoms with Crippen LogP contribution in [0.25, 0.3) is 11.0 Å². The van der Waals surface area contributed by atoms with Crippen LogP contribution in [0, 0.1) is 13.8 Å². The Morgan fingerprint density at radius 1 is 1.17 bits per heavy atom. The van der Waals surface area contributed by atoms with Crippen LogP contribution in [0.15, 0.2) is 45.7 Å². The minimum Gasteiger partial charge on any atom is -0.460 e. The zero-order valence-corrected chi connectivity index (χ0v) is 13.3. The van der Waals surface area contributed by atoms with Crippen molar-refractivity contribution in [3.8, 4) is 0 Å². The van der Waals surface area contributed by atoms with Crippen LogP contribution in [0.5, 0.6) is 0 Å². The molecule has 0 radical (unpaired) electrons. The summed E-state index contributed by atoms with van der Waals surface area (Å²) in [5.74, 6) is 0.148. The smallest absolute Gasteiger partial charge is 0.262 e. The van der Waals surface area contributed by atoms with Gasteiger partial charge in [-0.05, 0) is 25.5 Å². The van der Waals surface area contributed by atoms with E-state index < -0.39 is 0 Å². The zero-order valence-electron chi connectivity index (χ0n) is 13.3. The molecule has 0 saturated carbocycles. The molecule has 0 aliphatic rings. The number of nitrogens with zero attached hydrogens (tertiary/aromatic N) is 1. The number of nitrogens with one attached hydrogen (secondary N) is 1. The van der Waals surface area contributed by atoms with Crippen molar-refractivity contribution in [2.24, 2.45) is 7.05 Å². The zero-order chi connectivity index (χ0) is 16.6. The molecule has 0 bridgehead atoms. The fourth-order valence-electron chi connectivity index (χ4n) is 2.57. The third kappa shape index (κ3) is 2.77. The number of rotatable bonds is 3. The Bertz CT molecular complexity index is 933. The van der Waals surface area contributed by atoms with Crippen molar-refractivity contribution in [2.75, 3.05) is 0 Å². The topological polar surface area (TPSA) is 64.2 Å². The summed E-state index contributed by atoms with van der Waals surface area (Å²) in [6, 6.07) is 9.62. The molecule has 1 N–H and O–H groups in total. The van der Waals surface area contributed by atoms with Crippen LogP contribution < -0.4 is 10.9 Å². The lowest BCUT2D eigenvalue weighted by molar-refractivity contribution is 0.0950. The van der Waals surface area contributed by atoms with Crippen molar-refractivity contribution in [3.05, 3.63) is 69.3 Å². The van der Waals surface area contributed by atoms with Crippen molar-refractivity contribution < 1.29 is 9.21 Å². The monoisotopic (exact) mass is 310 g/mol. The van der Waals surface area contributed by atoms with E-state index in [2.05, 4.69) is 5.32 Å². The molecule has 0 aliphatic carbocycles. The number of aromatic nitrogens is 1. The highest BCUT2D eigenvalue weighted by atomic mass is 16.3. The Balaban J connectivity index is 1.92. The van der Waals surface area contributed by atoms with Crippen LogP contribution in [0.1, 0.15) is 27.2 Å². The SMILES string of the molecule is Cc1ccc(CNC(=O)c2c(C)oc3ccn(C)c(=O)c23)cc1.